The summed E-state index contributed by atoms with van der Waals surface area (Å²) in [6.45, 7) is 6.59. The van der Waals surface area contributed by atoms with Crippen molar-refractivity contribution in [2.45, 2.75) is 26.4 Å². The monoisotopic (exact) mass is 488 g/mol. The van der Waals surface area contributed by atoms with Crippen molar-refractivity contribution in [2.24, 2.45) is 0 Å². The van der Waals surface area contributed by atoms with E-state index in [1.165, 1.54) is 6.07 Å². The molecule has 8 nitrogen and oxygen atoms in total. The highest BCUT2D eigenvalue weighted by atomic mass is 79.9. The lowest BCUT2D eigenvalue weighted by Gasteiger charge is -2.36. The summed E-state index contributed by atoms with van der Waals surface area (Å²) < 4.78 is 20.0. The number of ether oxygens (including phenoxy) is 1. The van der Waals surface area contributed by atoms with Crippen molar-refractivity contribution >= 4 is 55.9 Å². The molecule has 1 fully saturated rings. The number of amides is 1. The van der Waals surface area contributed by atoms with Gasteiger partial charge in [0.2, 0.25) is 0 Å². The summed E-state index contributed by atoms with van der Waals surface area (Å²) in [5.74, 6) is -0.684. The van der Waals surface area contributed by atoms with E-state index in [1.807, 2.05) is 0 Å². The predicted molar refractivity (Wildman–Crippen MR) is 111 cm³/mol. The minimum absolute atomic E-state index is 0.0172. The number of hydrogen-bond donors (Lipinski definition) is 0. The molecule has 2 heterocycles. The van der Waals surface area contributed by atoms with Crippen LogP contribution >= 0.6 is 27.5 Å². The molecule has 0 spiro atoms. The number of halogens is 3. The van der Waals surface area contributed by atoms with Crippen LogP contribution in [0.3, 0.4) is 0 Å². The number of nitro groups is 1. The molecule has 0 N–H and O–H groups in total. The number of nitrogens with zero attached hydrogens (tertiary/aromatic N) is 4. The maximum Gasteiger partial charge on any atom is 0.410 e. The molecule has 11 heteroatoms. The van der Waals surface area contributed by atoms with E-state index in [2.05, 4.69) is 20.9 Å². The smallest absolute Gasteiger partial charge is 0.410 e. The molecule has 1 aromatic carbocycles. The topological polar surface area (TPSA) is 88.8 Å². The van der Waals surface area contributed by atoms with Gasteiger partial charge in [-0.05, 0) is 42.8 Å². The number of carbonyl (C=O) groups is 1. The second-order valence-corrected chi connectivity index (χ2v) is 8.79. The fourth-order valence-corrected chi connectivity index (χ4v) is 3.62. The van der Waals surface area contributed by atoms with Gasteiger partial charge in [0.1, 0.15) is 23.0 Å². The molecular formula is C18H19BrClFN4O4. The lowest BCUT2D eigenvalue weighted by atomic mass is 10.1. The average Bonchev–Trinajstić information content (AvgIpc) is 2.64. The number of aromatic nitrogens is 1. The Morgan fingerprint density at radius 1 is 1.34 bits per heavy atom. The van der Waals surface area contributed by atoms with Crippen LogP contribution in [-0.4, -0.2) is 52.7 Å². The van der Waals surface area contributed by atoms with Crippen LogP contribution in [0.4, 0.5) is 20.6 Å². The molecule has 2 aromatic rings. The van der Waals surface area contributed by atoms with Crippen molar-refractivity contribution in [3.63, 3.8) is 0 Å². The highest BCUT2D eigenvalue weighted by Crippen LogP contribution is 2.40. The molecule has 0 atom stereocenters. The maximum atomic E-state index is 14.6. The van der Waals surface area contributed by atoms with Crippen molar-refractivity contribution in [2.75, 3.05) is 31.1 Å². The van der Waals surface area contributed by atoms with E-state index < -0.39 is 22.4 Å². The number of rotatable bonds is 2. The minimum atomic E-state index is -0.684. The summed E-state index contributed by atoms with van der Waals surface area (Å²) in [6, 6.07) is 1.46. The largest absolute Gasteiger partial charge is 0.444 e. The molecular weight excluding hydrogens is 471 g/mol. The highest BCUT2D eigenvalue weighted by Gasteiger charge is 2.31. The molecule has 0 bridgehead atoms. The third-order valence-electron chi connectivity index (χ3n) is 4.39. The Balaban J connectivity index is 1.97. The van der Waals surface area contributed by atoms with Gasteiger partial charge in [0.25, 0.3) is 0 Å². The first-order valence-electron chi connectivity index (χ1n) is 8.83. The first-order valence-corrected chi connectivity index (χ1v) is 10.00. The SMILES string of the molecule is CC(C)(C)OC(=O)N1CCN(c2c([N+](=O)[O-])cnc3c(F)c(Br)c(Cl)cc23)CC1. The van der Waals surface area contributed by atoms with E-state index >= 15 is 0 Å². The van der Waals surface area contributed by atoms with Gasteiger partial charge in [0, 0.05) is 31.6 Å². The molecule has 0 unspecified atom stereocenters. The van der Waals surface area contributed by atoms with Crippen molar-refractivity contribution in [1.29, 1.82) is 0 Å². The average molecular weight is 490 g/mol. The lowest BCUT2D eigenvalue weighted by Crippen LogP contribution is -2.50. The summed E-state index contributed by atoms with van der Waals surface area (Å²) in [7, 11) is 0. The zero-order valence-electron chi connectivity index (χ0n) is 16.0. The zero-order chi connectivity index (χ0) is 21.5. The molecule has 1 amide bonds. The van der Waals surface area contributed by atoms with Crippen LogP contribution < -0.4 is 4.90 Å². The standard InChI is InChI=1S/C18H19BrClFN4O4/c1-18(2,3)29-17(26)24-6-4-23(5-7-24)16-10-8-11(20)13(19)14(21)15(10)22-9-12(16)25(27)28/h8-9H,4-7H2,1-3H3. The van der Waals surface area contributed by atoms with Crippen LogP contribution in [0.15, 0.2) is 16.7 Å². The van der Waals surface area contributed by atoms with Crippen molar-refractivity contribution in [1.82, 2.24) is 9.88 Å². The van der Waals surface area contributed by atoms with E-state index in [-0.39, 0.29) is 31.8 Å². The van der Waals surface area contributed by atoms with Gasteiger partial charge in [-0.2, -0.15) is 0 Å². The molecule has 0 aliphatic carbocycles. The number of hydrogen-bond acceptors (Lipinski definition) is 6. The third kappa shape index (κ3) is 4.37. The number of benzene rings is 1. The Kier molecular flexibility index (Phi) is 5.86. The third-order valence-corrected chi connectivity index (χ3v) is 5.70. The van der Waals surface area contributed by atoms with Gasteiger partial charge in [0.05, 0.1) is 14.4 Å². The summed E-state index contributed by atoms with van der Waals surface area (Å²) in [4.78, 5) is 30.5. The fourth-order valence-electron chi connectivity index (χ4n) is 3.12. The molecule has 156 valence electrons. The second-order valence-electron chi connectivity index (χ2n) is 7.59. The Bertz CT molecular complexity index is 990. The quantitative estimate of drug-likeness (QED) is 0.343. The molecule has 1 aromatic heterocycles. The first kappa shape index (κ1) is 21.5. The molecule has 3 rings (SSSR count). The van der Waals surface area contributed by atoms with Gasteiger partial charge in [-0.15, -0.1) is 0 Å². The van der Waals surface area contributed by atoms with Crippen LogP contribution in [0.1, 0.15) is 20.8 Å². The van der Waals surface area contributed by atoms with E-state index in [1.54, 1.807) is 30.6 Å². The zero-order valence-corrected chi connectivity index (χ0v) is 18.4. The number of piperazine rings is 1. The van der Waals surface area contributed by atoms with E-state index in [9.17, 15) is 19.3 Å². The minimum Gasteiger partial charge on any atom is -0.444 e. The predicted octanol–water partition coefficient (Wildman–Crippen LogP) is 4.76. The summed E-state index contributed by atoms with van der Waals surface area (Å²) >= 11 is 9.15. The van der Waals surface area contributed by atoms with Gasteiger partial charge in [0.15, 0.2) is 5.82 Å². The van der Waals surface area contributed by atoms with E-state index in [0.717, 1.165) is 6.20 Å². The van der Waals surface area contributed by atoms with Crippen LogP contribution in [0.25, 0.3) is 10.9 Å². The van der Waals surface area contributed by atoms with Crippen molar-refractivity contribution < 1.29 is 18.8 Å². The molecule has 0 saturated carbocycles. The van der Waals surface area contributed by atoms with Crippen LogP contribution in [0.2, 0.25) is 5.02 Å². The van der Waals surface area contributed by atoms with Crippen molar-refractivity contribution in [3.8, 4) is 0 Å². The fraction of sp³-hybridized carbons (Fsp3) is 0.444. The molecule has 29 heavy (non-hydrogen) atoms. The number of fused-ring (bicyclic) bond motifs is 1. The second kappa shape index (κ2) is 7.91. The van der Waals surface area contributed by atoms with Crippen LogP contribution in [0, 0.1) is 15.9 Å². The summed E-state index contributed by atoms with van der Waals surface area (Å²) in [6.07, 6.45) is 0.602. The van der Waals surface area contributed by atoms with Crippen molar-refractivity contribution in [3.05, 3.63) is 37.7 Å². The van der Waals surface area contributed by atoms with E-state index in [0.29, 0.717) is 26.2 Å². The summed E-state index contributed by atoms with van der Waals surface area (Å²) in [5.41, 5.74) is -0.648. The normalized spacial score (nSPS) is 15.0. The van der Waals surface area contributed by atoms with Crippen LogP contribution in [-0.2, 0) is 4.74 Å². The number of anilines is 1. The van der Waals surface area contributed by atoms with E-state index in [4.69, 9.17) is 16.3 Å². The molecule has 0 radical (unpaired) electrons. The molecule has 1 saturated heterocycles. The van der Waals surface area contributed by atoms with Gasteiger partial charge in [-0.3, -0.25) is 10.1 Å². The van der Waals surface area contributed by atoms with Gasteiger partial charge in [-0.25, -0.2) is 14.2 Å². The Morgan fingerprint density at radius 3 is 2.52 bits per heavy atom. The molecule has 1 aliphatic heterocycles. The Labute approximate surface area is 179 Å². The van der Waals surface area contributed by atoms with Gasteiger partial charge >= 0.3 is 11.8 Å². The Morgan fingerprint density at radius 2 is 1.97 bits per heavy atom. The van der Waals surface area contributed by atoms with Crippen LogP contribution in [0.5, 0.6) is 0 Å². The molecule has 1 aliphatic rings. The maximum absolute atomic E-state index is 14.6. The number of pyridine rings is 1. The summed E-state index contributed by atoms with van der Waals surface area (Å²) in [5, 5.41) is 11.9. The van der Waals surface area contributed by atoms with Gasteiger partial charge < -0.3 is 14.5 Å². The highest BCUT2D eigenvalue weighted by molar-refractivity contribution is 9.10. The lowest BCUT2D eigenvalue weighted by molar-refractivity contribution is -0.384. The van der Waals surface area contributed by atoms with Gasteiger partial charge in [-0.1, -0.05) is 11.6 Å². The Hall–Kier alpha value is -2.20. The first-order chi connectivity index (χ1) is 13.5. The number of carbonyl (C=O) groups excluding carboxylic acids is 1.